The maximum atomic E-state index is 12.9. The number of alkyl carbamates (subject to hydrolysis) is 1. The predicted molar refractivity (Wildman–Crippen MR) is 185 cm³/mol. The molecule has 2 fully saturated rings. The number of benzene rings is 2. The lowest BCUT2D eigenvalue weighted by Crippen LogP contribution is -2.50. The van der Waals surface area contributed by atoms with Crippen molar-refractivity contribution in [3.63, 3.8) is 0 Å². The number of carbonyl (C=O) groups is 3. The first-order valence-electron chi connectivity index (χ1n) is 16.6. The molecule has 50 heavy (non-hydrogen) atoms. The zero-order valence-electron chi connectivity index (χ0n) is 29.5. The van der Waals surface area contributed by atoms with Gasteiger partial charge in [0.05, 0.1) is 19.3 Å². The van der Waals surface area contributed by atoms with E-state index in [1.807, 2.05) is 73.2 Å². The third-order valence-electron chi connectivity index (χ3n) is 7.65. The zero-order valence-corrected chi connectivity index (χ0v) is 30.4. The van der Waals surface area contributed by atoms with E-state index in [1.165, 1.54) is 6.08 Å². The van der Waals surface area contributed by atoms with Crippen LogP contribution in [0, 0.1) is 5.92 Å². The number of nitrogens with one attached hydrogen (secondary N) is 2. The predicted octanol–water partition coefficient (Wildman–Crippen LogP) is 4.90. The Morgan fingerprint density at radius 2 is 1.56 bits per heavy atom. The van der Waals surface area contributed by atoms with Gasteiger partial charge >= 0.3 is 22.4 Å². The van der Waals surface area contributed by atoms with Gasteiger partial charge in [-0.25, -0.2) is 14.3 Å². The second kappa shape index (κ2) is 16.5. The first-order valence-corrected chi connectivity index (χ1v) is 18.0. The minimum atomic E-state index is -4.61. The molecule has 2 heterocycles. The molecule has 274 valence electrons. The fourth-order valence-corrected chi connectivity index (χ4v) is 6.34. The number of esters is 1. The molecule has 2 aromatic rings. The Morgan fingerprint density at radius 1 is 0.940 bits per heavy atom. The quantitative estimate of drug-likeness (QED) is 0.202. The number of hydrogen-bond acceptors (Lipinski definition) is 11. The van der Waals surface area contributed by atoms with E-state index in [2.05, 4.69) is 5.32 Å². The summed E-state index contributed by atoms with van der Waals surface area (Å²) in [4.78, 5) is 37.7. The highest BCUT2D eigenvalue weighted by molar-refractivity contribution is 7.85. The van der Waals surface area contributed by atoms with E-state index in [0.717, 1.165) is 16.7 Å². The molecule has 0 saturated carbocycles. The lowest BCUT2D eigenvalue weighted by Gasteiger charge is -2.25. The topological polar surface area (TPSA) is 165 Å². The highest BCUT2D eigenvalue weighted by Gasteiger charge is 2.55. The average molecular weight is 717 g/mol. The van der Waals surface area contributed by atoms with Crippen molar-refractivity contribution in [1.29, 1.82) is 0 Å². The van der Waals surface area contributed by atoms with Gasteiger partial charge in [-0.05, 0) is 69.7 Å². The molecule has 13 nitrogen and oxygen atoms in total. The molecule has 2 aromatic carbocycles. The summed E-state index contributed by atoms with van der Waals surface area (Å²) >= 11 is 0. The van der Waals surface area contributed by atoms with Crippen molar-refractivity contribution in [3.8, 4) is 11.1 Å². The minimum absolute atomic E-state index is 0.0115. The van der Waals surface area contributed by atoms with Crippen LogP contribution in [0.4, 0.5) is 4.79 Å². The molecule has 0 aromatic heterocycles. The van der Waals surface area contributed by atoms with Crippen LogP contribution in [-0.2, 0) is 47.8 Å². The standard InChI is InChI=1S/C36H48N2O11S/c1-23(2)21-27(37-34(41)49-35(3,4)5)33(40)38-50(42,43)45-22-29-32-31(47-36(6,7)48-32)28(46-29)19-20-44-30(39)18-15-24-13-16-26(17-14-24)25-11-9-8-10-12-25/h8-18,23,27-29,31-32H,19-22H2,1-7H3,(H,37,41)(H,38,40). The van der Waals surface area contributed by atoms with Crippen LogP contribution in [-0.4, -0.2) is 81.4 Å². The Kier molecular flexibility index (Phi) is 12.8. The minimum Gasteiger partial charge on any atom is -0.462 e. The zero-order chi connectivity index (χ0) is 36.7. The maximum Gasteiger partial charge on any atom is 0.408 e. The molecular formula is C36H48N2O11S. The lowest BCUT2D eigenvalue weighted by atomic mass is 10.0. The molecule has 2 aliphatic heterocycles. The first-order chi connectivity index (χ1) is 23.4. The van der Waals surface area contributed by atoms with Crippen molar-refractivity contribution in [2.24, 2.45) is 5.92 Å². The van der Waals surface area contributed by atoms with Gasteiger partial charge in [-0.3, -0.25) is 8.98 Å². The van der Waals surface area contributed by atoms with E-state index in [-0.39, 0.29) is 25.4 Å². The van der Waals surface area contributed by atoms with Gasteiger partial charge in [0.15, 0.2) is 5.79 Å². The van der Waals surface area contributed by atoms with Gasteiger partial charge in [-0.15, -0.1) is 0 Å². The summed E-state index contributed by atoms with van der Waals surface area (Å²) in [7, 11) is -4.61. The number of rotatable bonds is 14. The van der Waals surface area contributed by atoms with Crippen molar-refractivity contribution in [2.45, 2.75) is 103 Å². The van der Waals surface area contributed by atoms with Gasteiger partial charge in [-0.2, -0.15) is 8.42 Å². The summed E-state index contributed by atoms with van der Waals surface area (Å²) in [6.07, 6.45) is -0.175. The fraction of sp³-hybridized carbons (Fsp3) is 0.528. The number of hydrogen-bond donors (Lipinski definition) is 2. The van der Waals surface area contributed by atoms with Crippen molar-refractivity contribution >= 4 is 34.3 Å². The number of ether oxygens (including phenoxy) is 5. The van der Waals surface area contributed by atoms with Crippen LogP contribution >= 0.6 is 0 Å². The van der Waals surface area contributed by atoms with E-state index in [1.54, 1.807) is 40.7 Å². The number of amides is 2. The second-order valence-corrected chi connectivity index (χ2v) is 15.4. The molecule has 0 bridgehead atoms. The van der Waals surface area contributed by atoms with Gasteiger partial charge in [0, 0.05) is 12.5 Å². The smallest absolute Gasteiger partial charge is 0.408 e. The van der Waals surface area contributed by atoms with Crippen LogP contribution < -0.4 is 10.0 Å². The highest BCUT2D eigenvalue weighted by atomic mass is 32.2. The van der Waals surface area contributed by atoms with E-state index in [0.29, 0.717) is 0 Å². The van der Waals surface area contributed by atoms with Gasteiger partial charge in [-0.1, -0.05) is 68.4 Å². The summed E-state index contributed by atoms with van der Waals surface area (Å²) in [5, 5.41) is 2.43. The van der Waals surface area contributed by atoms with Gasteiger partial charge in [0.2, 0.25) is 0 Å². The first kappa shape index (κ1) is 39.0. The van der Waals surface area contributed by atoms with E-state index in [9.17, 15) is 22.8 Å². The van der Waals surface area contributed by atoms with E-state index < -0.39 is 76.7 Å². The Labute approximate surface area is 294 Å². The summed E-state index contributed by atoms with van der Waals surface area (Å²) in [5.74, 6) is -2.54. The van der Waals surface area contributed by atoms with Gasteiger partial charge in [0.1, 0.15) is 30.0 Å². The average Bonchev–Trinajstić information content (AvgIpc) is 3.50. The normalized spacial score (nSPS) is 22.2. The second-order valence-electron chi connectivity index (χ2n) is 14.1. The van der Waals surface area contributed by atoms with Crippen molar-refractivity contribution < 1.29 is 50.7 Å². The molecule has 5 atom stereocenters. The van der Waals surface area contributed by atoms with Gasteiger partial charge < -0.3 is 29.0 Å². The fourth-order valence-electron chi connectivity index (χ4n) is 5.58. The molecule has 4 rings (SSSR count). The van der Waals surface area contributed by atoms with Crippen LogP contribution in [0.25, 0.3) is 17.2 Å². The maximum absolute atomic E-state index is 12.9. The van der Waals surface area contributed by atoms with Crippen molar-refractivity contribution in [2.75, 3.05) is 13.2 Å². The Hall–Kier alpha value is -3.82. The molecule has 2 aliphatic rings. The Balaban J connectivity index is 1.28. The third-order valence-corrected chi connectivity index (χ3v) is 8.55. The molecule has 0 spiro atoms. The lowest BCUT2D eigenvalue weighted by molar-refractivity contribution is -0.191. The molecular weight excluding hydrogens is 668 g/mol. The molecule has 2 N–H and O–H groups in total. The number of carbonyl (C=O) groups excluding carboxylic acids is 3. The number of fused-ring (bicyclic) bond motifs is 1. The molecule has 2 saturated heterocycles. The van der Waals surface area contributed by atoms with Crippen LogP contribution in [0.15, 0.2) is 60.7 Å². The molecule has 0 radical (unpaired) electrons. The van der Waals surface area contributed by atoms with Crippen LogP contribution in [0.3, 0.4) is 0 Å². The monoisotopic (exact) mass is 716 g/mol. The van der Waals surface area contributed by atoms with E-state index in [4.69, 9.17) is 27.9 Å². The summed E-state index contributed by atoms with van der Waals surface area (Å²) in [6, 6.07) is 16.6. The molecule has 2 amide bonds. The van der Waals surface area contributed by atoms with E-state index >= 15 is 0 Å². The van der Waals surface area contributed by atoms with Crippen molar-refractivity contribution in [1.82, 2.24) is 10.0 Å². The summed E-state index contributed by atoms with van der Waals surface area (Å²) < 4.78 is 61.3. The van der Waals surface area contributed by atoms with Gasteiger partial charge in [0.25, 0.3) is 5.91 Å². The Bertz CT molecular complexity index is 1600. The molecule has 5 unspecified atom stereocenters. The van der Waals surface area contributed by atoms with Crippen LogP contribution in [0.5, 0.6) is 0 Å². The largest absolute Gasteiger partial charge is 0.462 e. The Morgan fingerprint density at radius 3 is 2.18 bits per heavy atom. The summed E-state index contributed by atoms with van der Waals surface area (Å²) in [5.41, 5.74) is 2.19. The molecule has 14 heteroatoms. The van der Waals surface area contributed by atoms with Crippen LogP contribution in [0.1, 0.15) is 66.9 Å². The SMILES string of the molecule is CC(C)CC(NC(=O)OC(C)(C)C)C(=O)NS(=O)(=O)OCC1OC(CCOC(=O)C=Cc2ccc(-c3ccccc3)cc2)C2OC(C)(C)OC12. The van der Waals surface area contributed by atoms with Crippen molar-refractivity contribution in [3.05, 3.63) is 66.2 Å². The summed E-state index contributed by atoms with van der Waals surface area (Å²) in [6.45, 7) is 11.6. The highest BCUT2D eigenvalue weighted by Crippen LogP contribution is 2.40. The molecule has 0 aliphatic carbocycles. The van der Waals surface area contributed by atoms with Crippen LogP contribution in [0.2, 0.25) is 0 Å². The third kappa shape index (κ3) is 11.9.